The van der Waals surface area contributed by atoms with E-state index in [1.54, 1.807) is 16.8 Å². The number of aryl methyl sites for hydroxylation is 1. The standard InChI is InChI=1S/C14H16N2O2S/c1-11-4-2-3-5-13(11)16(7-6-14(17)18)9-12-8-15-10-19-12/h2-5,8,10H,6-7,9H2,1H3,(H,17,18). The van der Waals surface area contributed by atoms with E-state index in [1.807, 2.05) is 37.4 Å². The van der Waals surface area contributed by atoms with Crippen molar-refractivity contribution in [3.05, 3.63) is 46.4 Å². The van der Waals surface area contributed by atoms with E-state index in [-0.39, 0.29) is 6.42 Å². The Labute approximate surface area is 116 Å². The maximum absolute atomic E-state index is 10.8. The molecule has 0 spiro atoms. The third-order valence-electron chi connectivity index (χ3n) is 2.88. The zero-order valence-electron chi connectivity index (χ0n) is 10.7. The number of carboxylic acid groups (broad SMARTS) is 1. The van der Waals surface area contributed by atoms with Crippen molar-refractivity contribution in [3.8, 4) is 0 Å². The van der Waals surface area contributed by atoms with Crippen LogP contribution in [0.5, 0.6) is 0 Å². The maximum Gasteiger partial charge on any atom is 0.305 e. The molecule has 1 N–H and O–H groups in total. The van der Waals surface area contributed by atoms with Crippen LogP contribution in [0.1, 0.15) is 16.9 Å². The fourth-order valence-corrected chi connectivity index (χ4v) is 2.55. The number of rotatable bonds is 6. The van der Waals surface area contributed by atoms with Crippen molar-refractivity contribution in [2.75, 3.05) is 11.4 Å². The molecular formula is C14H16N2O2S. The van der Waals surface area contributed by atoms with E-state index in [0.29, 0.717) is 13.1 Å². The molecule has 0 amide bonds. The van der Waals surface area contributed by atoms with E-state index in [0.717, 1.165) is 16.1 Å². The van der Waals surface area contributed by atoms with Gasteiger partial charge in [-0.15, -0.1) is 11.3 Å². The fourth-order valence-electron chi connectivity index (χ4n) is 1.94. The fraction of sp³-hybridized carbons (Fsp3) is 0.286. The number of carbonyl (C=O) groups is 1. The van der Waals surface area contributed by atoms with Crippen molar-refractivity contribution in [1.82, 2.24) is 4.98 Å². The summed E-state index contributed by atoms with van der Waals surface area (Å²) in [6.45, 7) is 3.23. The smallest absolute Gasteiger partial charge is 0.305 e. The van der Waals surface area contributed by atoms with E-state index < -0.39 is 5.97 Å². The molecule has 0 unspecified atom stereocenters. The predicted molar refractivity (Wildman–Crippen MR) is 76.6 cm³/mol. The monoisotopic (exact) mass is 276 g/mol. The van der Waals surface area contributed by atoms with Crippen LogP contribution < -0.4 is 4.90 Å². The highest BCUT2D eigenvalue weighted by Crippen LogP contribution is 2.22. The largest absolute Gasteiger partial charge is 0.481 e. The third-order valence-corrected chi connectivity index (χ3v) is 3.65. The van der Waals surface area contributed by atoms with E-state index in [9.17, 15) is 4.79 Å². The van der Waals surface area contributed by atoms with Crippen LogP contribution in [0.2, 0.25) is 0 Å². The summed E-state index contributed by atoms with van der Waals surface area (Å²) in [5.41, 5.74) is 4.03. The molecule has 0 aliphatic carbocycles. The molecule has 100 valence electrons. The molecule has 1 aromatic heterocycles. The Morgan fingerprint density at radius 1 is 1.42 bits per heavy atom. The first kappa shape index (κ1) is 13.5. The topological polar surface area (TPSA) is 53.4 Å². The Morgan fingerprint density at radius 2 is 2.21 bits per heavy atom. The zero-order valence-corrected chi connectivity index (χ0v) is 11.6. The van der Waals surface area contributed by atoms with Gasteiger partial charge in [-0.25, -0.2) is 0 Å². The molecular weight excluding hydrogens is 260 g/mol. The highest BCUT2D eigenvalue weighted by atomic mass is 32.1. The maximum atomic E-state index is 10.8. The molecule has 5 heteroatoms. The Morgan fingerprint density at radius 3 is 2.84 bits per heavy atom. The Hall–Kier alpha value is -1.88. The second-order valence-electron chi connectivity index (χ2n) is 4.32. The molecule has 0 saturated carbocycles. The molecule has 2 rings (SSSR count). The van der Waals surface area contributed by atoms with Gasteiger partial charge >= 0.3 is 5.97 Å². The van der Waals surface area contributed by atoms with Gasteiger partial charge < -0.3 is 10.0 Å². The van der Waals surface area contributed by atoms with Crippen molar-refractivity contribution < 1.29 is 9.90 Å². The summed E-state index contributed by atoms with van der Waals surface area (Å²) >= 11 is 1.59. The number of para-hydroxylation sites is 1. The lowest BCUT2D eigenvalue weighted by Crippen LogP contribution is -2.26. The van der Waals surface area contributed by atoms with E-state index >= 15 is 0 Å². The van der Waals surface area contributed by atoms with Crippen LogP contribution in [0.15, 0.2) is 36.0 Å². The van der Waals surface area contributed by atoms with Gasteiger partial charge in [-0.3, -0.25) is 9.78 Å². The minimum absolute atomic E-state index is 0.132. The lowest BCUT2D eigenvalue weighted by Gasteiger charge is -2.25. The van der Waals surface area contributed by atoms with E-state index in [1.165, 1.54) is 0 Å². The number of anilines is 1. The van der Waals surface area contributed by atoms with Crippen molar-refractivity contribution in [2.45, 2.75) is 19.9 Å². The van der Waals surface area contributed by atoms with Crippen LogP contribution >= 0.6 is 11.3 Å². The van der Waals surface area contributed by atoms with Crippen molar-refractivity contribution >= 4 is 23.0 Å². The number of aliphatic carboxylic acids is 1. The summed E-state index contributed by atoms with van der Waals surface area (Å²) in [4.78, 5) is 18.1. The Balaban J connectivity index is 2.18. The minimum Gasteiger partial charge on any atom is -0.481 e. The molecule has 0 fully saturated rings. The van der Waals surface area contributed by atoms with Crippen LogP contribution in [0.25, 0.3) is 0 Å². The molecule has 0 aliphatic heterocycles. The summed E-state index contributed by atoms with van der Waals surface area (Å²) in [6.07, 6.45) is 1.96. The zero-order chi connectivity index (χ0) is 13.7. The van der Waals surface area contributed by atoms with Gasteiger partial charge in [-0.05, 0) is 18.6 Å². The van der Waals surface area contributed by atoms with Gasteiger partial charge in [-0.2, -0.15) is 0 Å². The molecule has 1 aromatic carbocycles. The van der Waals surface area contributed by atoms with Crippen LogP contribution in [0.3, 0.4) is 0 Å². The lowest BCUT2D eigenvalue weighted by molar-refractivity contribution is -0.136. The summed E-state index contributed by atoms with van der Waals surface area (Å²) in [5, 5.41) is 8.87. The summed E-state index contributed by atoms with van der Waals surface area (Å²) in [7, 11) is 0. The van der Waals surface area contributed by atoms with Crippen LogP contribution in [0, 0.1) is 6.92 Å². The van der Waals surface area contributed by atoms with Crippen LogP contribution in [0.4, 0.5) is 5.69 Å². The van der Waals surface area contributed by atoms with Gasteiger partial charge in [0.15, 0.2) is 0 Å². The van der Waals surface area contributed by atoms with Gasteiger partial charge in [0.25, 0.3) is 0 Å². The highest BCUT2D eigenvalue weighted by Gasteiger charge is 2.12. The number of carboxylic acids is 1. The molecule has 19 heavy (non-hydrogen) atoms. The van der Waals surface area contributed by atoms with Gasteiger partial charge in [0.2, 0.25) is 0 Å². The second kappa shape index (κ2) is 6.33. The number of hydrogen-bond donors (Lipinski definition) is 1. The number of benzene rings is 1. The minimum atomic E-state index is -0.775. The summed E-state index contributed by atoms with van der Waals surface area (Å²) in [5.74, 6) is -0.775. The van der Waals surface area contributed by atoms with E-state index in [4.69, 9.17) is 5.11 Å². The SMILES string of the molecule is Cc1ccccc1N(CCC(=O)O)Cc1cncs1. The number of nitrogens with zero attached hydrogens (tertiary/aromatic N) is 2. The van der Waals surface area contributed by atoms with Gasteiger partial charge in [-0.1, -0.05) is 18.2 Å². The summed E-state index contributed by atoms with van der Waals surface area (Å²) < 4.78 is 0. The van der Waals surface area contributed by atoms with Gasteiger partial charge in [0.1, 0.15) is 0 Å². The predicted octanol–water partition coefficient (Wildman–Crippen LogP) is 2.93. The number of thiazole rings is 1. The molecule has 0 atom stereocenters. The van der Waals surface area contributed by atoms with Crippen molar-refractivity contribution in [2.24, 2.45) is 0 Å². The molecule has 0 aliphatic rings. The normalized spacial score (nSPS) is 10.4. The summed E-state index contributed by atoms with van der Waals surface area (Å²) in [6, 6.07) is 8.03. The Kier molecular flexibility index (Phi) is 4.52. The first-order valence-electron chi connectivity index (χ1n) is 6.06. The molecule has 2 aromatic rings. The first-order valence-corrected chi connectivity index (χ1v) is 6.94. The second-order valence-corrected chi connectivity index (χ2v) is 5.29. The average molecular weight is 276 g/mol. The van der Waals surface area contributed by atoms with Crippen LogP contribution in [-0.2, 0) is 11.3 Å². The van der Waals surface area contributed by atoms with E-state index in [2.05, 4.69) is 9.88 Å². The lowest BCUT2D eigenvalue weighted by atomic mass is 10.1. The molecule has 0 bridgehead atoms. The first-order chi connectivity index (χ1) is 9.16. The molecule has 0 radical (unpaired) electrons. The molecule has 1 heterocycles. The molecule has 0 saturated heterocycles. The van der Waals surface area contributed by atoms with Crippen molar-refractivity contribution in [1.29, 1.82) is 0 Å². The third kappa shape index (κ3) is 3.79. The Bertz CT molecular complexity index is 540. The highest BCUT2D eigenvalue weighted by molar-refractivity contribution is 7.09. The number of hydrogen-bond acceptors (Lipinski definition) is 4. The quantitative estimate of drug-likeness (QED) is 0.881. The van der Waals surface area contributed by atoms with Crippen LogP contribution in [-0.4, -0.2) is 22.6 Å². The number of aromatic nitrogens is 1. The van der Waals surface area contributed by atoms with Crippen molar-refractivity contribution in [3.63, 3.8) is 0 Å². The van der Waals surface area contributed by atoms with Gasteiger partial charge in [0.05, 0.1) is 18.5 Å². The average Bonchev–Trinajstić information content (AvgIpc) is 2.88. The van der Waals surface area contributed by atoms with Gasteiger partial charge in [0, 0.05) is 23.3 Å². The molecule has 4 nitrogen and oxygen atoms in total.